The van der Waals surface area contributed by atoms with E-state index in [2.05, 4.69) is 0 Å². The zero-order valence-corrected chi connectivity index (χ0v) is 12.0. The summed E-state index contributed by atoms with van der Waals surface area (Å²) >= 11 is 0. The smallest absolute Gasteiger partial charge is 0.128 e. The van der Waals surface area contributed by atoms with Crippen LogP contribution >= 0.6 is 0 Å². The summed E-state index contributed by atoms with van der Waals surface area (Å²) in [7, 11) is 0. The maximum absolute atomic E-state index is 7.69. The number of rotatable bonds is 4. The average molecular weight is 288 g/mol. The molecule has 0 fully saturated rings. The SMILES string of the molecule is N=C(N)c1cc(Oc2ccccc2)cc(-c2ccccc2)c1. The van der Waals surface area contributed by atoms with Crippen molar-refractivity contribution in [3.8, 4) is 22.6 Å². The Morgan fingerprint density at radius 1 is 0.727 bits per heavy atom. The highest BCUT2D eigenvalue weighted by Gasteiger charge is 2.07. The molecule has 0 aliphatic rings. The van der Waals surface area contributed by atoms with Crippen LogP contribution in [0.1, 0.15) is 5.56 Å². The molecule has 3 aromatic carbocycles. The van der Waals surface area contributed by atoms with Crippen molar-refractivity contribution in [1.82, 2.24) is 0 Å². The van der Waals surface area contributed by atoms with Gasteiger partial charge in [-0.3, -0.25) is 5.41 Å². The number of benzene rings is 3. The van der Waals surface area contributed by atoms with Gasteiger partial charge in [-0.2, -0.15) is 0 Å². The normalized spacial score (nSPS) is 10.2. The van der Waals surface area contributed by atoms with Crippen molar-refractivity contribution in [2.45, 2.75) is 0 Å². The van der Waals surface area contributed by atoms with Gasteiger partial charge in [0.25, 0.3) is 0 Å². The molecule has 3 heteroatoms. The summed E-state index contributed by atoms with van der Waals surface area (Å²) in [5.41, 5.74) is 8.33. The highest BCUT2D eigenvalue weighted by atomic mass is 16.5. The maximum Gasteiger partial charge on any atom is 0.128 e. The van der Waals surface area contributed by atoms with Crippen molar-refractivity contribution >= 4 is 5.84 Å². The molecule has 0 radical (unpaired) electrons. The Balaban J connectivity index is 2.03. The second-order valence-corrected chi connectivity index (χ2v) is 4.94. The fourth-order valence-electron chi connectivity index (χ4n) is 2.24. The fraction of sp³-hybridized carbons (Fsp3) is 0. The van der Waals surface area contributed by atoms with E-state index in [0.717, 1.165) is 16.9 Å². The Morgan fingerprint density at radius 3 is 2.00 bits per heavy atom. The molecule has 0 bridgehead atoms. The molecule has 0 heterocycles. The molecular weight excluding hydrogens is 272 g/mol. The minimum atomic E-state index is 0.0238. The van der Waals surface area contributed by atoms with Crippen LogP contribution in [0.5, 0.6) is 11.5 Å². The van der Waals surface area contributed by atoms with E-state index >= 15 is 0 Å². The Hall–Kier alpha value is -3.07. The van der Waals surface area contributed by atoms with Gasteiger partial charge in [-0.1, -0.05) is 48.5 Å². The molecule has 22 heavy (non-hydrogen) atoms. The van der Waals surface area contributed by atoms with Gasteiger partial charge in [0, 0.05) is 5.56 Å². The molecule has 3 aromatic rings. The quantitative estimate of drug-likeness (QED) is 0.551. The third kappa shape index (κ3) is 3.15. The van der Waals surface area contributed by atoms with Crippen molar-refractivity contribution in [1.29, 1.82) is 5.41 Å². The van der Waals surface area contributed by atoms with Crippen molar-refractivity contribution in [2.75, 3.05) is 0 Å². The van der Waals surface area contributed by atoms with Crippen LogP contribution in [0.2, 0.25) is 0 Å². The summed E-state index contributed by atoms with van der Waals surface area (Å²) in [6, 6.07) is 25.2. The van der Waals surface area contributed by atoms with E-state index in [-0.39, 0.29) is 5.84 Å². The van der Waals surface area contributed by atoms with Crippen LogP contribution in [0.15, 0.2) is 78.9 Å². The molecule has 0 unspecified atom stereocenters. The van der Waals surface area contributed by atoms with Crippen LogP contribution in [0, 0.1) is 5.41 Å². The van der Waals surface area contributed by atoms with Gasteiger partial charge in [0.2, 0.25) is 0 Å². The third-order valence-electron chi connectivity index (χ3n) is 3.30. The monoisotopic (exact) mass is 288 g/mol. The van der Waals surface area contributed by atoms with Gasteiger partial charge in [0.15, 0.2) is 0 Å². The highest BCUT2D eigenvalue weighted by molar-refractivity contribution is 5.96. The van der Waals surface area contributed by atoms with Crippen LogP contribution < -0.4 is 10.5 Å². The lowest BCUT2D eigenvalue weighted by molar-refractivity contribution is 0.483. The Morgan fingerprint density at radius 2 is 1.36 bits per heavy atom. The van der Waals surface area contributed by atoms with E-state index in [1.807, 2.05) is 72.8 Å². The zero-order valence-electron chi connectivity index (χ0n) is 12.0. The molecule has 0 amide bonds. The third-order valence-corrected chi connectivity index (χ3v) is 3.30. The second kappa shape index (κ2) is 6.14. The van der Waals surface area contributed by atoms with Gasteiger partial charge < -0.3 is 10.5 Å². The zero-order chi connectivity index (χ0) is 15.4. The number of nitrogen functional groups attached to an aromatic ring is 1. The predicted octanol–water partition coefficient (Wildman–Crippen LogP) is 4.43. The van der Waals surface area contributed by atoms with Crippen molar-refractivity contribution < 1.29 is 4.74 Å². The van der Waals surface area contributed by atoms with Crippen molar-refractivity contribution in [3.63, 3.8) is 0 Å². The molecule has 0 saturated heterocycles. The largest absolute Gasteiger partial charge is 0.457 e. The first-order valence-electron chi connectivity index (χ1n) is 7.00. The molecule has 3 N–H and O–H groups in total. The van der Waals surface area contributed by atoms with E-state index in [4.69, 9.17) is 15.9 Å². The van der Waals surface area contributed by atoms with Crippen LogP contribution in [-0.4, -0.2) is 5.84 Å². The number of ether oxygens (including phenoxy) is 1. The van der Waals surface area contributed by atoms with Gasteiger partial charge >= 0.3 is 0 Å². The molecule has 0 saturated carbocycles. The Bertz CT molecular complexity index is 783. The summed E-state index contributed by atoms with van der Waals surface area (Å²) in [5.74, 6) is 1.44. The lowest BCUT2D eigenvalue weighted by Crippen LogP contribution is -2.11. The van der Waals surface area contributed by atoms with Gasteiger partial charge in [-0.05, 0) is 41.5 Å². The molecule has 3 rings (SSSR count). The van der Waals surface area contributed by atoms with E-state index < -0.39 is 0 Å². The molecule has 0 spiro atoms. The number of nitrogens with one attached hydrogen (secondary N) is 1. The van der Waals surface area contributed by atoms with Gasteiger partial charge in [-0.25, -0.2) is 0 Å². The van der Waals surface area contributed by atoms with Crippen LogP contribution in [0.4, 0.5) is 0 Å². The van der Waals surface area contributed by atoms with Crippen LogP contribution in [-0.2, 0) is 0 Å². The number of hydrogen-bond donors (Lipinski definition) is 2. The van der Waals surface area contributed by atoms with E-state index in [9.17, 15) is 0 Å². The average Bonchev–Trinajstić information content (AvgIpc) is 2.56. The summed E-state index contributed by atoms with van der Waals surface area (Å²) in [6.45, 7) is 0. The Kier molecular flexibility index (Phi) is 3.88. The molecule has 108 valence electrons. The topological polar surface area (TPSA) is 59.1 Å². The highest BCUT2D eigenvalue weighted by Crippen LogP contribution is 2.29. The number of amidine groups is 1. The Labute approximate surface area is 129 Å². The molecular formula is C19H16N2O. The van der Waals surface area contributed by atoms with Gasteiger partial charge in [0.05, 0.1) is 0 Å². The van der Waals surface area contributed by atoms with E-state index in [0.29, 0.717) is 11.3 Å². The summed E-state index contributed by atoms with van der Waals surface area (Å²) in [5, 5.41) is 7.69. The summed E-state index contributed by atoms with van der Waals surface area (Å²) in [4.78, 5) is 0. The van der Waals surface area contributed by atoms with Crippen LogP contribution in [0.3, 0.4) is 0 Å². The van der Waals surface area contributed by atoms with Crippen molar-refractivity contribution in [2.24, 2.45) is 5.73 Å². The molecule has 0 aromatic heterocycles. The van der Waals surface area contributed by atoms with Gasteiger partial charge in [-0.15, -0.1) is 0 Å². The predicted molar refractivity (Wildman–Crippen MR) is 89.4 cm³/mol. The molecule has 3 nitrogen and oxygen atoms in total. The number of nitrogens with two attached hydrogens (primary N) is 1. The fourth-order valence-corrected chi connectivity index (χ4v) is 2.24. The van der Waals surface area contributed by atoms with Crippen molar-refractivity contribution in [3.05, 3.63) is 84.4 Å². The molecule has 0 aliphatic heterocycles. The minimum Gasteiger partial charge on any atom is -0.457 e. The van der Waals surface area contributed by atoms with Crippen LogP contribution in [0.25, 0.3) is 11.1 Å². The summed E-state index contributed by atoms with van der Waals surface area (Å²) in [6.07, 6.45) is 0. The van der Waals surface area contributed by atoms with E-state index in [1.54, 1.807) is 6.07 Å². The van der Waals surface area contributed by atoms with Gasteiger partial charge in [0.1, 0.15) is 17.3 Å². The maximum atomic E-state index is 7.69. The number of para-hydroxylation sites is 1. The standard InChI is InChI=1S/C19H16N2O/c20-19(21)16-11-15(14-7-3-1-4-8-14)12-18(13-16)22-17-9-5-2-6-10-17/h1-13H,(H3,20,21). The van der Waals surface area contributed by atoms with E-state index in [1.165, 1.54) is 0 Å². The molecule has 0 atom stereocenters. The first-order valence-corrected chi connectivity index (χ1v) is 7.00. The lowest BCUT2D eigenvalue weighted by Gasteiger charge is -2.11. The minimum absolute atomic E-state index is 0.0238. The second-order valence-electron chi connectivity index (χ2n) is 4.94. The first kappa shape index (κ1) is 13.9. The first-order chi connectivity index (χ1) is 10.7. The summed E-state index contributed by atoms with van der Waals surface area (Å²) < 4.78 is 5.88. The number of hydrogen-bond acceptors (Lipinski definition) is 2. The molecule has 0 aliphatic carbocycles. The lowest BCUT2D eigenvalue weighted by atomic mass is 10.0.